The number of hydrogen-bond acceptors (Lipinski definition) is 7. The quantitative estimate of drug-likeness (QED) is 0.705. The molecular weight excluding hydrogens is 366 g/mol. The third kappa shape index (κ3) is 3.02. The molecule has 1 aromatic carbocycles. The highest BCUT2D eigenvalue weighted by molar-refractivity contribution is 7.92. The summed E-state index contributed by atoms with van der Waals surface area (Å²) in [6.07, 6.45) is 0.0592. The molecule has 1 atom stereocenters. The average molecular weight is 387 g/mol. The van der Waals surface area contributed by atoms with E-state index in [-0.39, 0.29) is 21.7 Å². The number of nitrogens with zero attached hydrogens (tertiary/aromatic N) is 3. The van der Waals surface area contributed by atoms with Crippen molar-refractivity contribution < 1.29 is 13.2 Å². The lowest BCUT2D eigenvalue weighted by molar-refractivity contribution is 0.0530. The van der Waals surface area contributed by atoms with E-state index in [0.29, 0.717) is 42.4 Å². The number of rotatable bonds is 3. The fourth-order valence-corrected chi connectivity index (χ4v) is 4.88. The number of ether oxygens (including phenoxy) is 1. The van der Waals surface area contributed by atoms with Gasteiger partial charge in [0, 0.05) is 13.1 Å². The number of anilines is 2. The fraction of sp³-hybridized carbons (Fsp3) is 0.333. The Kier molecular flexibility index (Phi) is 4.27. The summed E-state index contributed by atoms with van der Waals surface area (Å²) >= 11 is 0. The lowest BCUT2D eigenvalue weighted by Gasteiger charge is -2.32. The maximum Gasteiger partial charge on any atom is 0.212 e. The predicted octanol–water partition coefficient (Wildman–Crippen LogP) is 1.91. The number of morpholine rings is 1. The van der Waals surface area contributed by atoms with E-state index < -0.39 is 9.84 Å². The van der Waals surface area contributed by atoms with Crippen LogP contribution in [-0.4, -0.2) is 49.2 Å². The highest BCUT2D eigenvalue weighted by atomic mass is 32.2. The second kappa shape index (κ2) is 6.50. The summed E-state index contributed by atoms with van der Waals surface area (Å²) in [5.41, 5.74) is 6.95. The molecule has 1 fully saturated rings. The third-order valence-corrected chi connectivity index (χ3v) is 6.43. The van der Waals surface area contributed by atoms with Crippen LogP contribution in [0.5, 0.6) is 0 Å². The van der Waals surface area contributed by atoms with Crippen LogP contribution in [0.4, 0.5) is 11.6 Å². The van der Waals surface area contributed by atoms with Crippen molar-refractivity contribution in [2.45, 2.75) is 29.7 Å². The van der Waals surface area contributed by atoms with Crippen LogP contribution in [0.25, 0.3) is 11.0 Å². The lowest BCUT2D eigenvalue weighted by atomic mass is 10.3. The first-order chi connectivity index (χ1) is 12.9. The predicted molar refractivity (Wildman–Crippen MR) is 103 cm³/mol. The van der Waals surface area contributed by atoms with Gasteiger partial charge in [-0.2, -0.15) is 0 Å². The first-order valence-electron chi connectivity index (χ1n) is 8.70. The maximum absolute atomic E-state index is 13.2. The number of sulfone groups is 1. The molecule has 27 heavy (non-hydrogen) atoms. The summed E-state index contributed by atoms with van der Waals surface area (Å²) in [6.45, 7) is 5.64. The number of nitrogens with two attached hydrogens (primary N) is 1. The van der Waals surface area contributed by atoms with Crippen LogP contribution in [0.1, 0.15) is 12.7 Å². The van der Waals surface area contributed by atoms with E-state index in [9.17, 15) is 8.42 Å². The first-order valence-corrected chi connectivity index (χ1v) is 10.2. The molecule has 0 bridgehead atoms. The Bertz CT molecular complexity index is 1100. The Labute approximate surface area is 157 Å². The molecule has 3 N–H and O–H groups in total. The number of nitrogens with one attached hydrogen (secondary N) is 1. The molecule has 0 spiro atoms. The molecule has 1 aliphatic rings. The topological polar surface area (TPSA) is 114 Å². The van der Waals surface area contributed by atoms with E-state index in [1.54, 1.807) is 37.3 Å². The highest BCUT2D eigenvalue weighted by Crippen LogP contribution is 2.36. The molecule has 3 aromatic rings. The molecule has 0 radical (unpaired) electrons. The van der Waals surface area contributed by atoms with Crippen LogP contribution in [0.15, 0.2) is 40.1 Å². The monoisotopic (exact) mass is 387 g/mol. The highest BCUT2D eigenvalue weighted by Gasteiger charge is 2.30. The Hall–Kier alpha value is -2.65. The smallest absolute Gasteiger partial charge is 0.212 e. The molecule has 0 unspecified atom stereocenters. The number of fused-ring (bicyclic) bond motifs is 1. The molecule has 1 aliphatic heterocycles. The van der Waals surface area contributed by atoms with E-state index in [1.165, 1.54) is 0 Å². The minimum Gasteiger partial charge on any atom is -0.384 e. The van der Waals surface area contributed by atoms with Crippen LogP contribution in [0, 0.1) is 6.92 Å². The Morgan fingerprint density at radius 3 is 2.70 bits per heavy atom. The van der Waals surface area contributed by atoms with Crippen molar-refractivity contribution in [1.29, 1.82) is 0 Å². The molecular formula is C18H21N5O3S. The molecule has 9 heteroatoms. The summed E-state index contributed by atoms with van der Waals surface area (Å²) in [7, 11) is -3.82. The molecule has 8 nitrogen and oxygen atoms in total. The number of benzene rings is 1. The molecule has 142 valence electrons. The van der Waals surface area contributed by atoms with Crippen molar-refractivity contribution >= 4 is 32.5 Å². The molecule has 0 aliphatic carbocycles. The number of aryl methyl sites for hydroxylation is 1. The number of nitrogen functional groups attached to an aromatic ring is 1. The standard InChI is InChI=1S/C18H21N5O3S/c1-11-10-23(8-9-26-11)18-15-14(20-12(2)21-18)16(17(19)22-15)27(24,25)13-6-4-3-5-7-13/h3-7,11,22H,8-10,19H2,1-2H3/t11-/m0/s1. The minimum absolute atomic E-state index is 0.00300. The largest absolute Gasteiger partial charge is 0.384 e. The van der Waals surface area contributed by atoms with Gasteiger partial charge in [-0.05, 0) is 26.0 Å². The zero-order chi connectivity index (χ0) is 19.2. The van der Waals surface area contributed by atoms with Gasteiger partial charge in [0.2, 0.25) is 9.84 Å². The maximum atomic E-state index is 13.2. The summed E-state index contributed by atoms with van der Waals surface area (Å²) < 4.78 is 32.0. The van der Waals surface area contributed by atoms with Gasteiger partial charge in [0.25, 0.3) is 0 Å². The lowest BCUT2D eigenvalue weighted by Crippen LogP contribution is -2.41. The average Bonchev–Trinajstić information content (AvgIpc) is 2.98. The number of H-pyrrole nitrogens is 1. The molecule has 1 saturated heterocycles. The normalized spacial score (nSPS) is 18.1. The fourth-order valence-electron chi connectivity index (χ4n) is 3.39. The van der Waals surface area contributed by atoms with Gasteiger partial charge in [-0.1, -0.05) is 18.2 Å². The van der Waals surface area contributed by atoms with Gasteiger partial charge in [0.1, 0.15) is 27.6 Å². The van der Waals surface area contributed by atoms with Crippen LogP contribution >= 0.6 is 0 Å². The minimum atomic E-state index is -3.82. The second-order valence-corrected chi connectivity index (χ2v) is 8.52. The van der Waals surface area contributed by atoms with Gasteiger partial charge in [0.05, 0.1) is 17.6 Å². The van der Waals surface area contributed by atoms with Gasteiger partial charge in [-0.3, -0.25) is 0 Å². The number of aromatic amines is 1. The third-order valence-electron chi connectivity index (χ3n) is 4.58. The van der Waals surface area contributed by atoms with E-state index in [1.807, 2.05) is 6.92 Å². The van der Waals surface area contributed by atoms with Crippen LogP contribution < -0.4 is 10.6 Å². The molecule has 3 heterocycles. The van der Waals surface area contributed by atoms with Crippen molar-refractivity contribution in [1.82, 2.24) is 15.0 Å². The summed E-state index contributed by atoms with van der Waals surface area (Å²) in [6, 6.07) is 8.22. The summed E-state index contributed by atoms with van der Waals surface area (Å²) in [4.78, 5) is 14.2. The Balaban J connectivity index is 1.93. The van der Waals surface area contributed by atoms with E-state index in [2.05, 4.69) is 19.9 Å². The van der Waals surface area contributed by atoms with Crippen molar-refractivity contribution in [2.24, 2.45) is 0 Å². The van der Waals surface area contributed by atoms with Gasteiger partial charge < -0.3 is 20.4 Å². The molecule has 0 saturated carbocycles. The summed E-state index contributed by atoms with van der Waals surface area (Å²) in [5, 5.41) is 0. The van der Waals surface area contributed by atoms with Crippen molar-refractivity contribution in [3.63, 3.8) is 0 Å². The van der Waals surface area contributed by atoms with E-state index in [4.69, 9.17) is 10.5 Å². The second-order valence-electron chi connectivity index (χ2n) is 6.63. The molecule has 4 rings (SSSR count). The van der Waals surface area contributed by atoms with Gasteiger partial charge in [-0.15, -0.1) is 0 Å². The van der Waals surface area contributed by atoms with Crippen molar-refractivity contribution in [3.05, 3.63) is 36.2 Å². The first kappa shape index (κ1) is 17.7. The van der Waals surface area contributed by atoms with Crippen LogP contribution in [0.2, 0.25) is 0 Å². The number of hydrogen-bond donors (Lipinski definition) is 2. The summed E-state index contributed by atoms with van der Waals surface area (Å²) in [5.74, 6) is 1.20. The molecule has 2 aromatic heterocycles. The van der Waals surface area contributed by atoms with Crippen LogP contribution in [-0.2, 0) is 14.6 Å². The molecule has 0 amide bonds. The van der Waals surface area contributed by atoms with E-state index in [0.717, 1.165) is 0 Å². The Morgan fingerprint density at radius 2 is 2.00 bits per heavy atom. The van der Waals surface area contributed by atoms with Crippen molar-refractivity contribution in [3.8, 4) is 0 Å². The van der Waals surface area contributed by atoms with Gasteiger partial charge in [0.15, 0.2) is 5.82 Å². The zero-order valence-corrected chi connectivity index (χ0v) is 16.0. The van der Waals surface area contributed by atoms with Gasteiger partial charge in [-0.25, -0.2) is 18.4 Å². The van der Waals surface area contributed by atoms with E-state index >= 15 is 0 Å². The van der Waals surface area contributed by atoms with Crippen LogP contribution in [0.3, 0.4) is 0 Å². The van der Waals surface area contributed by atoms with Gasteiger partial charge >= 0.3 is 0 Å². The Morgan fingerprint density at radius 1 is 1.26 bits per heavy atom. The SMILES string of the molecule is Cc1nc(N2CCO[C@@H](C)C2)c2[nH]c(N)c(S(=O)(=O)c3ccccc3)c2n1. The number of aromatic nitrogens is 3. The van der Waals surface area contributed by atoms with Crippen molar-refractivity contribution in [2.75, 3.05) is 30.3 Å². The zero-order valence-electron chi connectivity index (χ0n) is 15.1.